The van der Waals surface area contributed by atoms with Crippen molar-refractivity contribution in [2.45, 2.75) is 71.6 Å². The zero-order valence-corrected chi connectivity index (χ0v) is 25.6. The van der Waals surface area contributed by atoms with E-state index >= 15 is 0 Å². The van der Waals surface area contributed by atoms with Gasteiger partial charge in [-0.2, -0.15) is 0 Å². The van der Waals surface area contributed by atoms with Crippen LogP contribution < -0.4 is 20.7 Å². The molecule has 43 heavy (non-hydrogen) atoms. The lowest BCUT2D eigenvalue weighted by molar-refractivity contribution is -0.132. The van der Waals surface area contributed by atoms with Crippen LogP contribution in [-0.2, 0) is 27.2 Å². The Morgan fingerprint density at radius 1 is 0.814 bits per heavy atom. The lowest BCUT2D eigenvalue weighted by Gasteiger charge is -2.28. The van der Waals surface area contributed by atoms with E-state index < -0.39 is 30.0 Å². The molecule has 0 aliphatic rings. The van der Waals surface area contributed by atoms with Gasteiger partial charge in [-0.15, -0.1) is 0 Å². The molecule has 3 aromatic carbocycles. The summed E-state index contributed by atoms with van der Waals surface area (Å²) in [5.74, 6) is -0.605. The highest BCUT2D eigenvalue weighted by molar-refractivity contribution is 5.88. The van der Waals surface area contributed by atoms with E-state index in [-0.39, 0.29) is 31.3 Å². The van der Waals surface area contributed by atoms with E-state index in [0.717, 1.165) is 28.7 Å². The van der Waals surface area contributed by atoms with Crippen molar-refractivity contribution in [3.05, 3.63) is 101 Å². The quantitative estimate of drug-likeness (QED) is 0.202. The second kappa shape index (κ2) is 17.1. The monoisotopic (exact) mass is 587 g/mol. The lowest BCUT2D eigenvalue weighted by atomic mass is 9.96. The Labute approximate surface area is 255 Å². The number of rotatable bonds is 16. The molecule has 0 spiro atoms. The van der Waals surface area contributed by atoms with E-state index in [1.54, 1.807) is 6.07 Å². The van der Waals surface area contributed by atoms with Gasteiger partial charge in [0, 0.05) is 13.0 Å². The van der Waals surface area contributed by atoms with E-state index in [4.69, 9.17) is 4.74 Å². The van der Waals surface area contributed by atoms with Crippen LogP contribution in [0.4, 0.5) is 0 Å². The molecule has 0 fully saturated rings. The van der Waals surface area contributed by atoms with Crippen molar-refractivity contribution in [1.29, 1.82) is 0 Å². The fourth-order valence-corrected chi connectivity index (χ4v) is 4.69. The van der Waals surface area contributed by atoms with Gasteiger partial charge in [-0.05, 0) is 73.4 Å². The van der Waals surface area contributed by atoms with E-state index in [1.807, 2.05) is 100 Å². The maximum atomic E-state index is 13.4. The molecule has 4 N–H and O–H groups in total. The first-order valence-electron chi connectivity index (χ1n) is 14.9. The van der Waals surface area contributed by atoms with Gasteiger partial charge in [0.15, 0.2) is 6.61 Å². The zero-order chi connectivity index (χ0) is 31.2. The summed E-state index contributed by atoms with van der Waals surface area (Å²) in [5, 5.41) is 19.8. The van der Waals surface area contributed by atoms with Gasteiger partial charge in [0.05, 0.1) is 12.1 Å². The van der Waals surface area contributed by atoms with Crippen molar-refractivity contribution < 1.29 is 24.2 Å². The minimum absolute atomic E-state index is 0.122. The number of ether oxygens (including phenoxy) is 1. The molecule has 0 saturated heterocycles. The lowest BCUT2D eigenvalue weighted by Crippen LogP contribution is -2.55. The molecule has 0 bridgehead atoms. The minimum Gasteiger partial charge on any atom is -0.484 e. The Kier molecular flexibility index (Phi) is 13.2. The number of carbonyl (C=O) groups is 3. The number of hydrogen-bond donors (Lipinski definition) is 4. The highest BCUT2D eigenvalue weighted by atomic mass is 16.5. The number of aryl methyl sites for hydroxylation is 2. The summed E-state index contributed by atoms with van der Waals surface area (Å²) in [5.41, 5.74) is 4.26. The molecule has 3 rings (SSSR count). The average molecular weight is 588 g/mol. The first-order valence-corrected chi connectivity index (χ1v) is 14.9. The van der Waals surface area contributed by atoms with Gasteiger partial charge < -0.3 is 25.8 Å². The summed E-state index contributed by atoms with van der Waals surface area (Å²) in [6, 6.07) is 23.6. The molecule has 0 aliphatic heterocycles. The summed E-state index contributed by atoms with van der Waals surface area (Å²) >= 11 is 0. The Hall–Kier alpha value is -4.17. The largest absolute Gasteiger partial charge is 0.484 e. The summed E-state index contributed by atoms with van der Waals surface area (Å²) in [6.45, 7) is 7.94. The average Bonchev–Trinajstić information content (AvgIpc) is 2.99. The number of hydrogen-bond acceptors (Lipinski definition) is 5. The van der Waals surface area contributed by atoms with Crippen LogP contribution in [0.2, 0.25) is 0 Å². The van der Waals surface area contributed by atoms with Crippen LogP contribution in [0, 0.1) is 19.8 Å². The molecule has 3 aromatic rings. The van der Waals surface area contributed by atoms with E-state index in [2.05, 4.69) is 16.0 Å². The second-order valence-corrected chi connectivity index (χ2v) is 11.3. The van der Waals surface area contributed by atoms with Crippen LogP contribution in [0.3, 0.4) is 0 Å². The number of benzene rings is 3. The fraction of sp³-hybridized carbons (Fsp3) is 0.400. The molecular formula is C35H45N3O5. The van der Waals surface area contributed by atoms with Gasteiger partial charge in [-0.3, -0.25) is 14.4 Å². The minimum atomic E-state index is -0.972. The van der Waals surface area contributed by atoms with E-state index in [1.165, 1.54) is 0 Å². The van der Waals surface area contributed by atoms with Crippen LogP contribution >= 0.6 is 0 Å². The van der Waals surface area contributed by atoms with E-state index in [9.17, 15) is 19.5 Å². The Morgan fingerprint density at radius 2 is 1.47 bits per heavy atom. The number of nitrogens with one attached hydrogen (secondary N) is 3. The Morgan fingerprint density at radius 3 is 2.09 bits per heavy atom. The fourth-order valence-electron chi connectivity index (χ4n) is 4.69. The maximum absolute atomic E-state index is 13.4. The van der Waals surface area contributed by atoms with Gasteiger partial charge in [0.2, 0.25) is 11.8 Å². The van der Waals surface area contributed by atoms with Gasteiger partial charge >= 0.3 is 0 Å². The normalized spacial score (nSPS) is 13.1. The predicted molar refractivity (Wildman–Crippen MR) is 169 cm³/mol. The van der Waals surface area contributed by atoms with Crippen LogP contribution in [0.15, 0.2) is 78.9 Å². The first kappa shape index (κ1) is 33.3. The predicted octanol–water partition coefficient (Wildman–Crippen LogP) is 4.05. The van der Waals surface area contributed by atoms with Gasteiger partial charge in [0.25, 0.3) is 5.91 Å². The SMILES string of the molecule is Cc1ccc(OCC(=O)NC(C(=O)N[C@@H](Cc2ccccc2)[C@@H](O)CCC(=O)NCCc2ccccc2)C(C)C)cc1C. The summed E-state index contributed by atoms with van der Waals surface area (Å²) in [7, 11) is 0. The molecule has 0 aromatic heterocycles. The van der Waals surface area contributed by atoms with Crippen molar-refractivity contribution >= 4 is 17.7 Å². The number of aliphatic hydroxyl groups excluding tert-OH is 1. The number of aliphatic hydroxyl groups is 1. The Balaban J connectivity index is 1.57. The third kappa shape index (κ3) is 11.6. The summed E-state index contributed by atoms with van der Waals surface area (Å²) in [6.07, 6.45) is 0.424. The highest BCUT2D eigenvalue weighted by Gasteiger charge is 2.29. The molecule has 230 valence electrons. The third-order valence-corrected chi connectivity index (χ3v) is 7.45. The molecule has 0 saturated carbocycles. The molecule has 3 amide bonds. The van der Waals surface area contributed by atoms with Gasteiger partial charge in [-0.1, -0.05) is 80.6 Å². The molecule has 0 aliphatic carbocycles. The van der Waals surface area contributed by atoms with Crippen molar-refractivity contribution in [3.63, 3.8) is 0 Å². The molecule has 3 atom stereocenters. The second-order valence-electron chi connectivity index (χ2n) is 11.3. The van der Waals surface area contributed by atoms with Crippen LogP contribution in [0.5, 0.6) is 5.75 Å². The smallest absolute Gasteiger partial charge is 0.258 e. The third-order valence-electron chi connectivity index (χ3n) is 7.45. The molecule has 0 heterocycles. The van der Waals surface area contributed by atoms with Crippen molar-refractivity contribution in [3.8, 4) is 5.75 Å². The molecule has 8 heteroatoms. The van der Waals surface area contributed by atoms with Gasteiger partial charge in [-0.25, -0.2) is 0 Å². The van der Waals surface area contributed by atoms with Gasteiger partial charge in [0.1, 0.15) is 11.8 Å². The standard InChI is InChI=1S/C35H45N3O5/c1-24(2)34(38-33(41)23-43-29-16-15-25(3)26(4)21-29)35(42)37-30(22-28-13-9-6-10-14-28)31(39)17-18-32(40)36-20-19-27-11-7-5-8-12-27/h5-16,21,24,30-31,34,39H,17-20,22-23H2,1-4H3,(H,36,40)(H,37,42)(H,38,41)/t30-,31-,34?/m0/s1. The topological polar surface area (TPSA) is 117 Å². The zero-order valence-electron chi connectivity index (χ0n) is 25.6. The maximum Gasteiger partial charge on any atom is 0.258 e. The van der Waals surface area contributed by atoms with Crippen molar-refractivity contribution in [1.82, 2.24) is 16.0 Å². The summed E-state index contributed by atoms with van der Waals surface area (Å²) < 4.78 is 5.65. The number of carbonyl (C=O) groups excluding carboxylic acids is 3. The van der Waals surface area contributed by atoms with Crippen LogP contribution in [-0.4, -0.2) is 54.2 Å². The molecule has 1 unspecified atom stereocenters. The Bertz CT molecular complexity index is 1310. The van der Waals surface area contributed by atoms with E-state index in [0.29, 0.717) is 18.7 Å². The van der Waals surface area contributed by atoms with Crippen molar-refractivity contribution in [2.24, 2.45) is 5.92 Å². The van der Waals surface area contributed by atoms with Crippen LogP contribution in [0.25, 0.3) is 0 Å². The first-order chi connectivity index (χ1) is 20.6. The highest BCUT2D eigenvalue weighted by Crippen LogP contribution is 2.16. The molecule has 0 radical (unpaired) electrons. The number of amides is 3. The van der Waals surface area contributed by atoms with Crippen LogP contribution in [0.1, 0.15) is 48.9 Å². The summed E-state index contributed by atoms with van der Waals surface area (Å²) in [4.78, 5) is 38.7. The molecule has 8 nitrogen and oxygen atoms in total. The van der Waals surface area contributed by atoms with Crippen molar-refractivity contribution in [2.75, 3.05) is 13.2 Å². The molecular weight excluding hydrogens is 542 g/mol.